The van der Waals surface area contributed by atoms with Crippen LogP contribution in [0.2, 0.25) is 0 Å². The first kappa shape index (κ1) is 18.8. The molecule has 0 bridgehead atoms. The zero-order chi connectivity index (χ0) is 16.4. The number of unbranched alkanes of at least 4 members (excludes halogenated alkanes) is 3. The van der Waals surface area contributed by atoms with Crippen LogP contribution >= 0.6 is 0 Å². The molecule has 2 N–H and O–H groups in total. The molecule has 0 saturated heterocycles. The number of aliphatic imine (C=N–C) groups is 1. The molecule has 1 aliphatic carbocycles. The van der Waals surface area contributed by atoms with Gasteiger partial charge in [0.25, 0.3) is 0 Å². The Balaban J connectivity index is 2.44. The van der Waals surface area contributed by atoms with Crippen LogP contribution in [0.25, 0.3) is 0 Å². The number of amides is 1. The van der Waals surface area contributed by atoms with Crippen molar-refractivity contribution in [2.45, 2.75) is 58.3 Å². The molecule has 1 fully saturated rings. The number of carbonyl (C=O) groups excluding carboxylic acids is 1. The highest BCUT2D eigenvalue weighted by molar-refractivity contribution is 5.85. The van der Waals surface area contributed by atoms with Gasteiger partial charge >= 0.3 is 0 Å². The van der Waals surface area contributed by atoms with E-state index < -0.39 is 0 Å². The Morgan fingerprint density at radius 1 is 1.14 bits per heavy atom. The summed E-state index contributed by atoms with van der Waals surface area (Å²) in [6.45, 7) is 3.84. The van der Waals surface area contributed by atoms with Crippen molar-refractivity contribution in [1.29, 1.82) is 0 Å². The molecule has 0 heterocycles. The van der Waals surface area contributed by atoms with Crippen LogP contribution in [0.1, 0.15) is 58.3 Å². The molecule has 0 aromatic heterocycles. The molecule has 0 aromatic carbocycles. The Morgan fingerprint density at radius 3 is 2.36 bits per heavy atom. The van der Waals surface area contributed by atoms with E-state index in [0.29, 0.717) is 6.54 Å². The van der Waals surface area contributed by atoms with Crippen molar-refractivity contribution in [1.82, 2.24) is 15.5 Å². The van der Waals surface area contributed by atoms with Crippen molar-refractivity contribution < 1.29 is 4.79 Å². The lowest BCUT2D eigenvalue weighted by molar-refractivity contribution is -0.138. The van der Waals surface area contributed by atoms with Gasteiger partial charge in [-0.05, 0) is 19.3 Å². The third-order valence-electron chi connectivity index (χ3n) is 4.56. The van der Waals surface area contributed by atoms with Gasteiger partial charge in [0.15, 0.2) is 5.96 Å². The summed E-state index contributed by atoms with van der Waals surface area (Å²) in [5.41, 5.74) is -0.247. The smallest absolute Gasteiger partial charge is 0.230 e. The number of guanidine groups is 1. The van der Waals surface area contributed by atoms with Gasteiger partial charge in [0.2, 0.25) is 5.91 Å². The van der Waals surface area contributed by atoms with Gasteiger partial charge in [-0.1, -0.05) is 39.0 Å². The van der Waals surface area contributed by atoms with Crippen LogP contribution in [-0.2, 0) is 4.79 Å². The molecule has 0 aromatic rings. The number of hydrogen-bond acceptors (Lipinski definition) is 2. The molecule has 5 heteroatoms. The van der Waals surface area contributed by atoms with Gasteiger partial charge in [-0.15, -0.1) is 0 Å². The fourth-order valence-corrected chi connectivity index (χ4v) is 3.22. The second-order valence-electron chi connectivity index (χ2n) is 6.60. The first-order chi connectivity index (χ1) is 10.6. The fourth-order valence-electron chi connectivity index (χ4n) is 3.22. The number of nitrogens with zero attached hydrogens (tertiary/aromatic N) is 2. The maximum Gasteiger partial charge on any atom is 0.230 e. The van der Waals surface area contributed by atoms with E-state index in [2.05, 4.69) is 22.5 Å². The van der Waals surface area contributed by atoms with E-state index in [9.17, 15) is 4.79 Å². The number of rotatable bonds is 8. The minimum atomic E-state index is -0.247. The Kier molecular flexibility index (Phi) is 8.28. The van der Waals surface area contributed by atoms with Crippen LogP contribution in [0.4, 0.5) is 0 Å². The summed E-state index contributed by atoms with van der Waals surface area (Å²) < 4.78 is 0. The number of nitrogens with one attached hydrogen (secondary N) is 2. The first-order valence-corrected chi connectivity index (χ1v) is 8.72. The summed E-state index contributed by atoms with van der Waals surface area (Å²) >= 11 is 0. The van der Waals surface area contributed by atoms with Gasteiger partial charge in [0.1, 0.15) is 0 Å². The van der Waals surface area contributed by atoms with E-state index in [1.54, 1.807) is 11.9 Å². The number of hydrogen-bond donors (Lipinski definition) is 2. The Morgan fingerprint density at radius 2 is 1.82 bits per heavy atom. The molecule has 5 nitrogen and oxygen atoms in total. The molecule has 0 aliphatic heterocycles. The topological polar surface area (TPSA) is 56.7 Å². The molecule has 0 radical (unpaired) electrons. The van der Waals surface area contributed by atoms with Gasteiger partial charge in [-0.3, -0.25) is 9.79 Å². The minimum Gasteiger partial charge on any atom is -0.356 e. The minimum absolute atomic E-state index is 0.246. The monoisotopic (exact) mass is 310 g/mol. The summed E-state index contributed by atoms with van der Waals surface area (Å²) in [4.78, 5) is 18.5. The van der Waals surface area contributed by atoms with Crippen molar-refractivity contribution >= 4 is 11.9 Å². The molecule has 1 saturated carbocycles. The lowest BCUT2D eigenvalue weighted by Crippen LogP contribution is -2.49. The van der Waals surface area contributed by atoms with Gasteiger partial charge in [0.05, 0.1) is 5.41 Å². The van der Waals surface area contributed by atoms with Crippen LogP contribution in [0.5, 0.6) is 0 Å². The quantitative estimate of drug-likeness (QED) is 0.411. The van der Waals surface area contributed by atoms with E-state index in [1.165, 1.54) is 19.3 Å². The lowest BCUT2D eigenvalue weighted by Gasteiger charge is -2.31. The fraction of sp³-hybridized carbons (Fsp3) is 0.882. The van der Waals surface area contributed by atoms with Crippen molar-refractivity contribution in [3.8, 4) is 0 Å². The zero-order valence-corrected chi connectivity index (χ0v) is 14.9. The van der Waals surface area contributed by atoms with Crippen molar-refractivity contribution in [3.63, 3.8) is 0 Å². The molecular formula is C17H34N4O. The largest absolute Gasteiger partial charge is 0.356 e. The highest BCUT2D eigenvalue weighted by Gasteiger charge is 2.42. The predicted octanol–water partition coefficient (Wildman–Crippen LogP) is 2.38. The summed E-state index contributed by atoms with van der Waals surface area (Å²) in [6, 6.07) is 0. The van der Waals surface area contributed by atoms with E-state index >= 15 is 0 Å². The molecule has 1 amide bonds. The van der Waals surface area contributed by atoms with Crippen LogP contribution in [-0.4, -0.2) is 51.0 Å². The normalized spacial score (nSPS) is 17.4. The summed E-state index contributed by atoms with van der Waals surface area (Å²) in [7, 11) is 5.49. The second-order valence-corrected chi connectivity index (χ2v) is 6.60. The van der Waals surface area contributed by atoms with Gasteiger partial charge in [-0.2, -0.15) is 0 Å². The van der Waals surface area contributed by atoms with Crippen molar-refractivity contribution in [2.75, 3.05) is 34.2 Å². The van der Waals surface area contributed by atoms with E-state index in [-0.39, 0.29) is 11.3 Å². The molecule has 128 valence electrons. The van der Waals surface area contributed by atoms with Crippen molar-refractivity contribution in [2.24, 2.45) is 10.4 Å². The lowest BCUT2D eigenvalue weighted by atomic mass is 9.84. The van der Waals surface area contributed by atoms with Gasteiger partial charge in [0, 0.05) is 34.2 Å². The van der Waals surface area contributed by atoms with Crippen molar-refractivity contribution in [3.05, 3.63) is 0 Å². The average molecular weight is 310 g/mol. The molecule has 0 atom stereocenters. The standard InChI is InChI=1S/C17H34N4O/c1-5-6-7-10-13-19-16(18-2)20-14-17(11-8-9-12-17)15(22)21(3)4/h5-14H2,1-4H3,(H2,18,19,20). The van der Waals surface area contributed by atoms with Gasteiger partial charge < -0.3 is 15.5 Å². The maximum absolute atomic E-state index is 12.5. The van der Waals surface area contributed by atoms with Gasteiger partial charge in [-0.25, -0.2) is 0 Å². The third kappa shape index (κ3) is 5.50. The van der Waals surface area contributed by atoms with E-state index in [1.807, 2.05) is 14.1 Å². The summed E-state index contributed by atoms with van der Waals surface area (Å²) in [5, 5.41) is 6.72. The summed E-state index contributed by atoms with van der Waals surface area (Å²) in [5.74, 6) is 1.06. The third-order valence-corrected chi connectivity index (χ3v) is 4.56. The highest BCUT2D eigenvalue weighted by atomic mass is 16.2. The first-order valence-electron chi connectivity index (χ1n) is 8.72. The maximum atomic E-state index is 12.5. The van der Waals surface area contributed by atoms with E-state index in [4.69, 9.17) is 0 Å². The highest BCUT2D eigenvalue weighted by Crippen LogP contribution is 2.38. The molecule has 22 heavy (non-hydrogen) atoms. The Bertz CT molecular complexity index is 360. The molecule has 0 spiro atoms. The SMILES string of the molecule is CCCCCCNC(=NC)NCC1(C(=O)N(C)C)CCCC1. The predicted molar refractivity (Wildman–Crippen MR) is 93.1 cm³/mol. The average Bonchev–Trinajstić information content (AvgIpc) is 2.99. The Hall–Kier alpha value is -1.26. The van der Waals surface area contributed by atoms with Crippen LogP contribution in [0.3, 0.4) is 0 Å². The molecular weight excluding hydrogens is 276 g/mol. The summed E-state index contributed by atoms with van der Waals surface area (Å²) in [6.07, 6.45) is 9.19. The zero-order valence-electron chi connectivity index (χ0n) is 14.9. The van der Waals surface area contributed by atoms with Crippen LogP contribution in [0.15, 0.2) is 4.99 Å². The molecule has 0 unspecified atom stereocenters. The Labute approximate surface area is 135 Å². The molecule has 1 rings (SSSR count). The number of carbonyl (C=O) groups is 1. The van der Waals surface area contributed by atoms with Crippen LogP contribution in [0, 0.1) is 5.41 Å². The molecule has 1 aliphatic rings. The second kappa shape index (κ2) is 9.70. The van der Waals surface area contributed by atoms with Crippen LogP contribution < -0.4 is 10.6 Å². The van der Waals surface area contributed by atoms with E-state index in [0.717, 1.165) is 44.6 Å².